The van der Waals surface area contributed by atoms with Crippen molar-refractivity contribution in [3.05, 3.63) is 66.1 Å². The van der Waals surface area contributed by atoms with Crippen molar-refractivity contribution in [3.63, 3.8) is 0 Å². The predicted molar refractivity (Wildman–Crippen MR) is 102 cm³/mol. The molecule has 1 heterocycles. The van der Waals surface area contributed by atoms with Crippen molar-refractivity contribution in [2.75, 3.05) is 25.0 Å². The van der Waals surface area contributed by atoms with Gasteiger partial charge in [0.1, 0.15) is 5.76 Å². The first-order valence-corrected chi connectivity index (χ1v) is 8.55. The zero-order chi connectivity index (χ0) is 18.9. The van der Waals surface area contributed by atoms with Gasteiger partial charge in [0.15, 0.2) is 0 Å². The van der Waals surface area contributed by atoms with Crippen molar-refractivity contribution in [3.8, 4) is 0 Å². The summed E-state index contributed by atoms with van der Waals surface area (Å²) in [4.78, 5) is 26.8. The summed E-state index contributed by atoms with van der Waals surface area (Å²) < 4.78 is 5.21. The maximum atomic E-state index is 12.4. The highest BCUT2D eigenvalue weighted by atomic mass is 16.3. The molecular weight excluding hydrogens is 330 g/mol. The van der Waals surface area contributed by atoms with E-state index in [9.17, 15) is 9.59 Å². The number of furan rings is 1. The first-order valence-electron chi connectivity index (χ1n) is 8.55. The molecule has 0 fully saturated rings. The minimum Gasteiger partial charge on any atom is -0.467 e. The largest absolute Gasteiger partial charge is 0.467 e. The number of carbonyl (C=O) groups excluding carboxylic acids is 2. The molecule has 2 amide bonds. The van der Waals surface area contributed by atoms with Crippen molar-refractivity contribution in [1.29, 1.82) is 0 Å². The molecular formula is C20H25N3O3. The number of rotatable bonds is 9. The second-order valence-corrected chi connectivity index (χ2v) is 6.12. The molecule has 26 heavy (non-hydrogen) atoms. The molecule has 0 bridgehead atoms. The van der Waals surface area contributed by atoms with Crippen molar-refractivity contribution >= 4 is 17.5 Å². The molecule has 6 nitrogen and oxygen atoms in total. The van der Waals surface area contributed by atoms with E-state index >= 15 is 0 Å². The number of nitrogens with one attached hydrogen (secondary N) is 2. The smallest absolute Gasteiger partial charge is 0.253 e. The number of likely N-dealkylation sites (N-methyl/N-ethyl adjacent to an activating group) is 1. The summed E-state index contributed by atoms with van der Waals surface area (Å²) in [6.45, 7) is 9.73. The molecule has 0 spiro atoms. The van der Waals surface area contributed by atoms with E-state index in [4.69, 9.17) is 4.42 Å². The lowest BCUT2D eigenvalue weighted by Crippen LogP contribution is -2.34. The van der Waals surface area contributed by atoms with Crippen LogP contribution in [-0.4, -0.2) is 36.3 Å². The predicted octanol–water partition coefficient (Wildman–Crippen LogP) is 3.05. The van der Waals surface area contributed by atoms with Crippen LogP contribution in [0.3, 0.4) is 0 Å². The van der Waals surface area contributed by atoms with Gasteiger partial charge in [-0.3, -0.25) is 14.5 Å². The second-order valence-electron chi connectivity index (χ2n) is 6.12. The standard InChI is InChI=1S/C20H25N3O3/c1-4-23(13-15(2)3)14-19(24)22-18-10-6-5-9-17(18)20(25)21-12-16-8-7-11-26-16/h5-11H,2,4,12-14H2,1,3H3,(H,21,25)(H,22,24). The highest BCUT2D eigenvalue weighted by Crippen LogP contribution is 2.15. The van der Waals surface area contributed by atoms with Crippen molar-refractivity contribution < 1.29 is 14.0 Å². The third kappa shape index (κ3) is 5.89. The second kappa shape index (κ2) is 9.58. The molecule has 0 aliphatic carbocycles. The third-order valence-electron chi connectivity index (χ3n) is 3.76. The maximum absolute atomic E-state index is 12.4. The monoisotopic (exact) mass is 355 g/mol. The van der Waals surface area contributed by atoms with E-state index in [1.165, 1.54) is 0 Å². The Bertz CT molecular complexity index is 753. The Hall–Kier alpha value is -2.86. The van der Waals surface area contributed by atoms with E-state index in [1.807, 2.05) is 18.7 Å². The van der Waals surface area contributed by atoms with Gasteiger partial charge in [-0.1, -0.05) is 31.2 Å². The molecule has 138 valence electrons. The van der Waals surface area contributed by atoms with E-state index < -0.39 is 0 Å². The third-order valence-corrected chi connectivity index (χ3v) is 3.76. The van der Waals surface area contributed by atoms with Crippen LogP contribution in [0.25, 0.3) is 0 Å². The fourth-order valence-corrected chi connectivity index (χ4v) is 2.52. The Morgan fingerprint density at radius 1 is 1.15 bits per heavy atom. The number of anilines is 1. The molecule has 1 aromatic heterocycles. The van der Waals surface area contributed by atoms with Crippen LogP contribution >= 0.6 is 0 Å². The van der Waals surface area contributed by atoms with E-state index in [-0.39, 0.29) is 24.9 Å². The maximum Gasteiger partial charge on any atom is 0.253 e. The average molecular weight is 355 g/mol. The lowest BCUT2D eigenvalue weighted by atomic mass is 10.1. The molecule has 0 aliphatic heterocycles. The van der Waals surface area contributed by atoms with Gasteiger partial charge in [0.25, 0.3) is 5.91 Å². The minimum atomic E-state index is -0.272. The Balaban J connectivity index is 1.99. The van der Waals surface area contributed by atoms with Gasteiger partial charge in [-0.2, -0.15) is 0 Å². The van der Waals surface area contributed by atoms with Crippen molar-refractivity contribution in [2.45, 2.75) is 20.4 Å². The van der Waals surface area contributed by atoms with Gasteiger partial charge in [-0.05, 0) is 37.7 Å². The minimum absolute atomic E-state index is 0.167. The topological polar surface area (TPSA) is 74.6 Å². The van der Waals surface area contributed by atoms with Gasteiger partial charge in [0.2, 0.25) is 5.91 Å². The number of amides is 2. The van der Waals surface area contributed by atoms with Gasteiger partial charge in [0, 0.05) is 6.54 Å². The van der Waals surface area contributed by atoms with Crippen molar-refractivity contribution in [2.24, 2.45) is 0 Å². The zero-order valence-electron chi connectivity index (χ0n) is 15.2. The Morgan fingerprint density at radius 3 is 2.58 bits per heavy atom. The number of benzene rings is 1. The molecule has 0 saturated heterocycles. The van der Waals surface area contributed by atoms with Crippen LogP contribution in [0.4, 0.5) is 5.69 Å². The van der Waals surface area contributed by atoms with Crippen LogP contribution in [0.2, 0.25) is 0 Å². The lowest BCUT2D eigenvalue weighted by molar-refractivity contribution is -0.117. The summed E-state index contributed by atoms with van der Waals surface area (Å²) in [5.41, 5.74) is 1.90. The molecule has 2 rings (SSSR count). The van der Waals surface area contributed by atoms with E-state index in [1.54, 1.807) is 42.7 Å². The van der Waals surface area contributed by atoms with Gasteiger partial charge in [-0.15, -0.1) is 0 Å². The first kappa shape index (κ1) is 19.5. The van der Waals surface area contributed by atoms with Crippen LogP contribution < -0.4 is 10.6 Å². The van der Waals surface area contributed by atoms with Crippen molar-refractivity contribution in [1.82, 2.24) is 10.2 Å². The fourth-order valence-electron chi connectivity index (χ4n) is 2.52. The number of hydrogen-bond acceptors (Lipinski definition) is 4. The fraction of sp³-hybridized carbons (Fsp3) is 0.300. The molecule has 0 atom stereocenters. The summed E-state index contributed by atoms with van der Waals surface area (Å²) in [5.74, 6) is 0.226. The number of carbonyl (C=O) groups is 2. The Labute approximate surface area is 153 Å². The van der Waals surface area contributed by atoms with Gasteiger partial charge in [-0.25, -0.2) is 0 Å². The molecule has 2 N–H and O–H groups in total. The lowest BCUT2D eigenvalue weighted by Gasteiger charge is -2.20. The van der Waals surface area contributed by atoms with E-state index in [0.717, 1.165) is 12.1 Å². The SMILES string of the molecule is C=C(C)CN(CC)CC(=O)Nc1ccccc1C(=O)NCc1ccco1. The zero-order valence-corrected chi connectivity index (χ0v) is 15.2. The van der Waals surface area contributed by atoms with E-state index in [2.05, 4.69) is 17.2 Å². The summed E-state index contributed by atoms with van der Waals surface area (Å²) in [7, 11) is 0. The molecule has 2 aromatic rings. The summed E-state index contributed by atoms with van der Waals surface area (Å²) >= 11 is 0. The molecule has 0 aliphatic rings. The first-order chi connectivity index (χ1) is 12.5. The van der Waals surface area contributed by atoms with Crippen LogP contribution in [0.15, 0.2) is 59.2 Å². The highest BCUT2D eigenvalue weighted by Gasteiger charge is 2.15. The summed E-state index contributed by atoms with van der Waals surface area (Å²) in [6, 6.07) is 10.5. The van der Waals surface area contributed by atoms with Gasteiger partial charge < -0.3 is 15.1 Å². The summed E-state index contributed by atoms with van der Waals surface area (Å²) in [5, 5.41) is 5.62. The number of nitrogens with zero attached hydrogens (tertiary/aromatic N) is 1. The van der Waals surface area contributed by atoms with Crippen LogP contribution in [0.1, 0.15) is 30.0 Å². The number of para-hydroxylation sites is 1. The highest BCUT2D eigenvalue weighted by molar-refractivity contribution is 6.04. The number of hydrogen-bond donors (Lipinski definition) is 2. The Morgan fingerprint density at radius 2 is 1.92 bits per heavy atom. The van der Waals surface area contributed by atoms with Gasteiger partial charge in [0.05, 0.1) is 30.6 Å². The van der Waals surface area contributed by atoms with Crippen LogP contribution in [-0.2, 0) is 11.3 Å². The molecule has 0 saturated carbocycles. The normalized spacial score (nSPS) is 10.6. The summed E-state index contributed by atoms with van der Waals surface area (Å²) in [6.07, 6.45) is 1.56. The molecule has 0 unspecified atom stereocenters. The Kier molecular flexibility index (Phi) is 7.17. The molecule has 1 aromatic carbocycles. The van der Waals surface area contributed by atoms with Gasteiger partial charge >= 0.3 is 0 Å². The average Bonchev–Trinajstić information content (AvgIpc) is 3.12. The van der Waals surface area contributed by atoms with Crippen LogP contribution in [0, 0.1) is 0 Å². The quantitative estimate of drug-likeness (QED) is 0.678. The van der Waals surface area contributed by atoms with E-state index in [0.29, 0.717) is 23.6 Å². The molecule has 0 radical (unpaired) electrons. The van der Waals surface area contributed by atoms with Crippen LogP contribution in [0.5, 0.6) is 0 Å². The molecule has 6 heteroatoms.